The van der Waals surface area contributed by atoms with Gasteiger partial charge in [-0.2, -0.15) is 0 Å². The van der Waals surface area contributed by atoms with Gasteiger partial charge in [-0.25, -0.2) is 0 Å². The lowest BCUT2D eigenvalue weighted by molar-refractivity contribution is -0.125. The molecule has 5 aromatic rings. The summed E-state index contributed by atoms with van der Waals surface area (Å²) in [5.74, 6) is 0.551. The number of piperidine rings is 1. The van der Waals surface area contributed by atoms with Crippen LogP contribution in [0.2, 0.25) is 0 Å². The van der Waals surface area contributed by atoms with Gasteiger partial charge in [0.15, 0.2) is 0 Å². The van der Waals surface area contributed by atoms with Crippen LogP contribution in [0.5, 0.6) is 0 Å². The molecule has 1 saturated heterocycles. The molecule has 6 rings (SSSR count). The molecule has 1 unspecified atom stereocenters. The van der Waals surface area contributed by atoms with Crippen LogP contribution in [-0.4, -0.2) is 52.1 Å². The minimum absolute atomic E-state index is 0.0167. The molecule has 43 heavy (non-hydrogen) atoms. The maximum atomic E-state index is 12.5. The van der Waals surface area contributed by atoms with E-state index in [2.05, 4.69) is 51.8 Å². The number of hydrogen-bond acceptors (Lipinski definition) is 4. The summed E-state index contributed by atoms with van der Waals surface area (Å²) in [6.45, 7) is 4.31. The number of carbonyl (C=O) groups excluding carboxylic acids is 1. The zero-order chi connectivity index (χ0) is 30.0. The van der Waals surface area contributed by atoms with Crippen LogP contribution in [0.1, 0.15) is 36.0 Å². The molecule has 1 aliphatic rings. The molecule has 8 nitrogen and oxygen atoms in total. The Morgan fingerprint density at radius 1 is 0.884 bits per heavy atom. The van der Waals surface area contributed by atoms with E-state index in [0.29, 0.717) is 31.8 Å². The molecule has 0 spiro atoms. The highest BCUT2D eigenvalue weighted by Gasteiger charge is 2.22. The van der Waals surface area contributed by atoms with Crippen LogP contribution in [0, 0.1) is 23.7 Å². The van der Waals surface area contributed by atoms with E-state index in [1.165, 1.54) is 27.4 Å². The van der Waals surface area contributed by atoms with E-state index in [0.717, 1.165) is 30.5 Å². The van der Waals surface area contributed by atoms with Crippen LogP contribution in [0.25, 0.3) is 21.8 Å². The molecule has 2 aromatic heterocycles. The second-order valence-corrected chi connectivity index (χ2v) is 11.1. The number of amidine groups is 2. The van der Waals surface area contributed by atoms with Crippen LogP contribution in [0.3, 0.4) is 0 Å². The van der Waals surface area contributed by atoms with Crippen LogP contribution in [-0.2, 0) is 17.8 Å². The van der Waals surface area contributed by atoms with Crippen LogP contribution < -0.4 is 10.6 Å². The van der Waals surface area contributed by atoms with Gasteiger partial charge < -0.3 is 25.5 Å². The van der Waals surface area contributed by atoms with Gasteiger partial charge in [0.1, 0.15) is 11.7 Å². The lowest BCUT2D eigenvalue weighted by Gasteiger charge is -2.27. The number of para-hydroxylation sites is 2. The third-order valence-corrected chi connectivity index (χ3v) is 8.04. The third-order valence-electron chi connectivity index (χ3n) is 8.04. The minimum Gasteiger partial charge on any atom is -0.361 e. The molecule has 1 aliphatic heterocycles. The molecule has 1 atom stereocenters. The number of rotatable bonds is 8. The van der Waals surface area contributed by atoms with Gasteiger partial charge in [-0.05, 0) is 61.6 Å². The Morgan fingerprint density at radius 2 is 1.56 bits per heavy atom. The molecule has 0 radical (unpaired) electrons. The number of H-pyrrole nitrogens is 2. The average molecular weight is 576 g/mol. The first-order chi connectivity index (χ1) is 21.0. The minimum atomic E-state index is -0.0459. The average Bonchev–Trinajstić information content (AvgIpc) is 3.65. The van der Waals surface area contributed by atoms with Crippen LogP contribution >= 0.6 is 0 Å². The van der Waals surface area contributed by atoms with Gasteiger partial charge in [0.05, 0.1) is 19.0 Å². The molecular formula is C35H41N7O. The molecule has 6 N–H and O–H groups in total. The number of aryl methyl sites for hydroxylation is 2. The summed E-state index contributed by atoms with van der Waals surface area (Å²) in [6.07, 6.45) is 7.13. The van der Waals surface area contributed by atoms with Crippen molar-refractivity contribution in [3.8, 4) is 0 Å². The predicted molar refractivity (Wildman–Crippen MR) is 176 cm³/mol. The fourth-order valence-electron chi connectivity index (χ4n) is 5.55. The Kier molecular flexibility index (Phi) is 10.0. The zero-order valence-electron chi connectivity index (χ0n) is 24.7. The number of hydrogen-bond donors (Lipinski definition) is 6. The standard InChI is InChI=1S/C26H32N6O.C9H9N/c27-24(13-12-20-16-30-23-11-5-4-10-22(20)23)32(18-19-7-2-1-3-8-19)25(28)17-31-26(33)21-9-6-14-29-15-21;1-7-6-10-9-5-3-2-4-8(7)9/h1-5,7-8,10-11,16,21,27-30H,6,9,12-15,17-18H2,(H,31,33);2-6,10H,1H3. The molecule has 8 heteroatoms. The fraction of sp³-hybridized carbons (Fsp3) is 0.286. The first-order valence-corrected chi connectivity index (χ1v) is 15.0. The van der Waals surface area contributed by atoms with Gasteiger partial charge in [-0.15, -0.1) is 0 Å². The normalized spacial score (nSPS) is 14.6. The monoisotopic (exact) mass is 575 g/mol. The van der Waals surface area contributed by atoms with Crippen molar-refractivity contribution < 1.29 is 4.79 Å². The van der Waals surface area contributed by atoms with Crippen molar-refractivity contribution >= 4 is 39.4 Å². The van der Waals surface area contributed by atoms with E-state index in [1.54, 1.807) is 4.90 Å². The largest absolute Gasteiger partial charge is 0.361 e. The number of amides is 1. The van der Waals surface area contributed by atoms with E-state index >= 15 is 0 Å². The topological polar surface area (TPSA) is 124 Å². The number of benzene rings is 3. The maximum Gasteiger partial charge on any atom is 0.224 e. The van der Waals surface area contributed by atoms with E-state index < -0.39 is 0 Å². The SMILES string of the molecule is Cc1c[nH]c2ccccc12.N=C(CCc1c[nH]c2ccccc12)N(Cc1ccccc1)C(=N)CNC(=O)C1CCCNC1. The van der Waals surface area contributed by atoms with Gasteiger partial charge in [0, 0.05) is 47.2 Å². The van der Waals surface area contributed by atoms with Crippen molar-refractivity contribution in [3.05, 3.63) is 108 Å². The van der Waals surface area contributed by atoms with Crippen LogP contribution in [0.4, 0.5) is 0 Å². The highest BCUT2D eigenvalue weighted by atomic mass is 16.1. The van der Waals surface area contributed by atoms with E-state index in [9.17, 15) is 4.79 Å². The van der Waals surface area contributed by atoms with E-state index in [-0.39, 0.29) is 24.2 Å². The summed E-state index contributed by atoms with van der Waals surface area (Å²) in [5.41, 5.74) is 5.82. The van der Waals surface area contributed by atoms with Crippen molar-refractivity contribution in [2.24, 2.45) is 5.92 Å². The lowest BCUT2D eigenvalue weighted by atomic mass is 9.99. The first kappa shape index (κ1) is 29.8. The van der Waals surface area contributed by atoms with Gasteiger partial charge in [0.25, 0.3) is 0 Å². The Labute approximate surface area is 252 Å². The summed E-state index contributed by atoms with van der Waals surface area (Å²) in [5, 5.41) is 26.1. The Hall–Kier alpha value is -4.69. The Balaban J connectivity index is 0.000000308. The molecule has 1 amide bonds. The van der Waals surface area contributed by atoms with Gasteiger partial charge in [0.2, 0.25) is 5.91 Å². The van der Waals surface area contributed by atoms with Crippen molar-refractivity contribution in [2.75, 3.05) is 19.6 Å². The summed E-state index contributed by atoms with van der Waals surface area (Å²) in [4.78, 5) is 20.7. The van der Waals surface area contributed by atoms with Crippen molar-refractivity contribution in [1.29, 1.82) is 10.8 Å². The third kappa shape index (κ3) is 7.78. The molecule has 3 heterocycles. The molecule has 3 aromatic carbocycles. The Morgan fingerprint density at radius 3 is 2.28 bits per heavy atom. The molecular weight excluding hydrogens is 534 g/mol. The second-order valence-electron chi connectivity index (χ2n) is 11.1. The van der Waals surface area contributed by atoms with E-state index in [1.807, 2.05) is 67.0 Å². The van der Waals surface area contributed by atoms with Crippen molar-refractivity contribution in [1.82, 2.24) is 25.5 Å². The maximum absolute atomic E-state index is 12.5. The molecule has 222 valence electrons. The van der Waals surface area contributed by atoms with Gasteiger partial charge in [-0.3, -0.25) is 15.6 Å². The summed E-state index contributed by atoms with van der Waals surface area (Å²) in [6, 6.07) is 26.4. The quantitative estimate of drug-likeness (QED) is 0.0982. The highest BCUT2D eigenvalue weighted by Crippen LogP contribution is 2.20. The van der Waals surface area contributed by atoms with E-state index in [4.69, 9.17) is 10.8 Å². The number of nitrogens with one attached hydrogen (secondary N) is 6. The molecule has 0 saturated carbocycles. The first-order valence-electron chi connectivity index (χ1n) is 15.0. The van der Waals surface area contributed by atoms with Gasteiger partial charge >= 0.3 is 0 Å². The number of fused-ring (bicyclic) bond motifs is 2. The molecule has 0 bridgehead atoms. The number of aromatic nitrogens is 2. The highest BCUT2D eigenvalue weighted by molar-refractivity contribution is 6.00. The number of carbonyl (C=O) groups is 1. The smallest absolute Gasteiger partial charge is 0.224 e. The van der Waals surface area contributed by atoms with Crippen molar-refractivity contribution in [2.45, 2.75) is 39.2 Å². The number of aromatic amines is 2. The lowest BCUT2D eigenvalue weighted by Crippen LogP contribution is -2.46. The summed E-state index contributed by atoms with van der Waals surface area (Å²) >= 11 is 0. The fourth-order valence-corrected chi connectivity index (χ4v) is 5.55. The molecule has 0 aliphatic carbocycles. The summed E-state index contributed by atoms with van der Waals surface area (Å²) < 4.78 is 0. The molecule has 1 fully saturated rings. The van der Waals surface area contributed by atoms with Crippen molar-refractivity contribution in [3.63, 3.8) is 0 Å². The summed E-state index contributed by atoms with van der Waals surface area (Å²) in [7, 11) is 0. The zero-order valence-corrected chi connectivity index (χ0v) is 24.7. The Bertz CT molecular complexity index is 1660. The second kappa shape index (κ2) is 14.5. The van der Waals surface area contributed by atoms with Crippen LogP contribution in [0.15, 0.2) is 91.3 Å². The number of nitrogens with zero attached hydrogens (tertiary/aromatic N) is 1. The van der Waals surface area contributed by atoms with Gasteiger partial charge in [-0.1, -0.05) is 66.7 Å². The predicted octanol–water partition coefficient (Wildman–Crippen LogP) is 6.15.